The molecule has 0 aliphatic rings. The number of hydrogen-bond donors (Lipinski definition) is 2. The van der Waals surface area contributed by atoms with Gasteiger partial charge in [0.05, 0.1) is 12.7 Å². The average Bonchev–Trinajstić information content (AvgIpc) is 2.83. The first-order valence-electron chi connectivity index (χ1n) is 4.80. The van der Waals surface area contributed by atoms with Crippen molar-refractivity contribution in [3.05, 3.63) is 28.1 Å². The minimum Gasteiger partial charge on any atom is -0.389 e. The molecule has 2 heterocycles. The van der Waals surface area contributed by atoms with E-state index in [4.69, 9.17) is 5.73 Å². The van der Waals surface area contributed by atoms with Crippen LogP contribution in [0.15, 0.2) is 18.3 Å². The lowest BCUT2D eigenvalue weighted by Gasteiger charge is -1.98. The van der Waals surface area contributed by atoms with Gasteiger partial charge in [0.1, 0.15) is 5.00 Å². The molecule has 80 valence electrons. The van der Waals surface area contributed by atoms with Crippen LogP contribution in [0.25, 0.3) is 0 Å². The first kappa shape index (κ1) is 10.4. The summed E-state index contributed by atoms with van der Waals surface area (Å²) in [6.07, 6.45) is 2.79. The number of nitrogen functional groups attached to an aromatic ring is 1. The fourth-order valence-corrected chi connectivity index (χ4v) is 2.71. The number of thiophene rings is 1. The molecular formula is C10H13N3S2. The van der Waals surface area contributed by atoms with Crippen molar-refractivity contribution in [2.45, 2.75) is 19.9 Å². The summed E-state index contributed by atoms with van der Waals surface area (Å²) in [4.78, 5) is 6.90. The van der Waals surface area contributed by atoms with Gasteiger partial charge in [-0.2, -0.15) is 0 Å². The van der Waals surface area contributed by atoms with Crippen LogP contribution in [0.2, 0.25) is 0 Å². The molecule has 15 heavy (non-hydrogen) atoms. The van der Waals surface area contributed by atoms with Crippen molar-refractivity contribution in [1.29, 1.82) is 0 Å². The third-order valence-corrected chi connectivity index (χ3v) is 4.02. The highest BCUT2D eigenvalue weighted by Crippen LogP contribution is 2.22. The highest BCUT2D eigenvalue weighted by Gasteiger charge is 2.01. The maximum absolute atomic E-state index is 5.59. The van der Waals surface area contributed by atoms with Crippen LogP contribution in [0.3, 0.4) is 0 Å². The van der Waals surface area contributed by atoms with Gasteiger partial charge in [-0.1, -0.05) is 18.3 Å². The van der Waals surface area contributed by atoms with E-state index in [9.17, 15) is 0 Å². The summed E-state index contributed by atoms with van der Waals surface area (Å²) >= 11 is 3.32. The standard InChI is InChI=1S/C10H13N3S2/c1-2-7-3-4-8(14-7)5-12-10-13-6-9(11)15-10/h3-4,6H,2,5,11H2,1H3,(H,12,13). The first-order chi connectivity index (χ1) is 7.28. The molecule has 0 amide bonds. The Kier molecular flexibility index (Phi) is 3.23. The molecule has 0 saturated carbocycles. The van der Waals surface area contributed by atoms with Gasteiger partial charge in [0.2, 0.25) is 0 Å². The molecule has 3 N–H and O–H groups in total. The number of nitrogens with zero attached hydrogens (tertiary/aromatic N) is 1. The highest BCUT2D eigenvalue weighted by molar-refractivity contribution is 7.19. The topological polar surface area (TPSA) is 50.9 Å². The van der Waals surface area contributed by atoms with E-state index in [1.165, 1.54) is 21.1 Å². The van der Waals surface area contributed by atoms with Crippen molar-refractivity contribution in [3.63, 3.8) is 0 Å². The molecule has 0 fully saturated rings. The van der Waals surface area contributed by atoms with Gasteiger partial charge >= 0.3 is 0 Å². The molecule has 0 aromatic carbocycles. The van der Waals surface area contributed by atoms with Crippen LogP contribution < -0.4 is 11.1 Å². The normalized spacial score (nSPS) is 10.5. The fourth-order valence-electron chi connectivity index (χ4n) is 1.24. The predicted molar refractivity (Wildman–Crippen MR) is 67.6 cm³/mol. The Hall–Kier alpha value is -1.07. The summed E-state index contributed by atoms with van der Waals surface area (Å²) in [6.45, 7) is 3.00. The lowest BCUT2D eigenvalue weighted by Crippen LogP contribution is -1.95. The number of aromatic nitrogens is 1. The molecule has 0 radical (unpaired) electrons. The maximum Gasteiger partial charge on any atom is 0.184 e. The highest BCUT2D eigenvalue weighted by atomic mass is 32.1. The van der Waals surface area contributed by atoms with Crippen molar-refractivity contribution in [2.75, 3.05) is 11.1 Å². The van der Waals surface area contributed by atoms with E-state index in [2.05, 4.69) is 29.4 Å². The number of hydrogen-bond acceptors (Lipinski definition) is 5. The van der Waals surface area contributed by atoms with E-state index in [-0.39, 0.29) is 0 Å². The molecule has 2 aromatic rings. The third-order valence-electron chi connectivity index (χ3n) is 2.00. The Morgan fingerprint density at radius 3 is 2.73 bits per heavy atom. The van der Waals surface area contributed by atoms with Gasteiger partial charge in [-0.05, 0) is 18.6 Å². The number of rotatable bonds is 4. The molecule has 3 nitrogen and oxygen atoms in total. The van der Waals surface area contributed by atoms with Gasteiger partial charge in [-0.25, -0.2) is 4.98 Å². The molecule has 0 spiro atoms. The van der Waals surface area contributed by atoms with Crippen molar-refractivity contribution >= 4 is 32.8 Å². The quantitative estimate of drug-likeness (QED) is 0.862. The van der Waals surface area contributed by atoms with Crippen LogP contribution in [-0.2, 0) is 13.0 Å². The van der Waals surface area contributed by atoms with Crippen LogP contribution in [0.1, 0.15) is 16.7 Å². The summed E-state index contributed by atoms with van der Waals surface area (Å²) in [6, 6.07) is 4.34. The van der Waals surface area contributed by atoms with E-state index >= 15 is 0 Å². The van der Waals surface area contributed by atoms with E-state index in [1.807, 2.05) is 11.3 Å². The van der Waals surface area contributed by atoms with Gasteiger partial charge in [0, 0.05) is 9.75 Å². The second-order valence-corrected chi connectivity index (χ2v) is 5.46. The lowest BCUT2D eigenvalue weighted by molar-refractivity contribution is 1.17. The lowest BCUT2D eigenvalue weighted by atomic mass is 10.4. The molecule has 2 aromatic heterocycles. The summed E-state index contributed by atoms with van der Waals surface area (Å²) in [5, 5.41) is 4.89. The average molecular weight is 239 g/mol. The van der Waals surface area contributed by atoms with Gasteiger partial charge in [-0.15, -0.1) is 11.3 Å². The van der Waals surface area contributed by atoms with Gasteiger partial charge < -0.3 is 11.1 Å². The fraction of sp³-hybridized carbons (Fsp3) is 0.300. The molecule has 0 unspecified atom stereocenters. The smallest absolute Gasteiger partial charge is 0.184 e. The minimum absolute atomic E-state index is 0.748. The Labute approximate surface area is 97.0 Å². The largest absolute Gasteiger partial charge is 0.389 e. The monoisotopic (exact) mass is 239 g/mol. The molecule has 5 heteroatoms. The van der Waals surface area contributed by atoms with E-state index < -0.39 is 0 Å². The van der Waals surface area contributed by atoms with Crippen LogP contribution in [0, 0.1) is 0 Å². The van der Waals surface area contributed by atoms with E-state index in [0.29, 0.717) is 0 Å². The summed E-state index contributed by atoms with van der Waals surface area (Å²) in [5.41, 5.74) is 5.59. The summed E-state index contributed by atoms with van der Waals surface area (Å²) < 4.78 is 0. The number of nitrogens with two attached hydrogens (primary N) is 1. The van der Waals surface area contributed by atoms with Crippen molar-refractivity contribution in [2.24, 2.45) is 0 Å². The van der Waals surface area contributed by atoms with E-state index in [1.54, 1.807) is 6.20 Å². The van der Waals surface area contributed by atoms with Crippen molar-refractivity contribution in [3.8, 4) is 0 Å². The zero-order valence-electron chi connectivity index (χ0n) is 8.49. The van der Waals surface area contributed by atoms with Crippen molar-refractivity contribution < 1.29 is 0 Å². The van der Waals surface area contributed by atoms with Gasteiger partial charge in [-0.3, -0.25) is 0 Å². The zero-order valence-corrected chi connectivity index (χ0v) is 10.1. The van der Waals surface area contributed by atoms with Crippen LogP contribution in [0.4, 0.5) is 10.1 Å². The van der Waals surface area contributed by atoms with Crippen LogP contribution in [-0.4, -0.2) is 4.98 Å². The second kappa shape index (κ2) is 4.63. The summed E-state index contributed by atoms with van der Waals surface area (Å²) in [5.74, 6) is 0. The van der Waals surface area contributed by atoms with Gasteiger partial charge in [0.25, 0.3) is 0 Å². The molecule has 2 rings (SSSR count). The van der Waals surface area contributed by atoms with Crippen LogP contribution in [0.5, 0.6) is 0 Å². The summed E-state index contributed by atoms with van der Waals surface area (Å²) in [7, 11) is 0. The molecule has 0 bridgehead atoms. The first-order valence-corrected chi connectivity index (χ1v) is 6.44. The number of nitrogens with one attached hydrogen (secondary N) is 1. The Balaban J connectivity index is 1.93. The molecule has 0 atom stereocenters. The molecule has 0 aliphatic carbocycles. The third kappa shape index (κ3) is 2.70. The maximum atomic E-state index is 5.59. The number of anilines is 2. The SMILES string of the molecule is CCc1ccc(CNc2ncc(N)s2)s1. The number of thiazole rings is 1. The second-order valence-electron chi connectivity index (χ2n) is 3.14. The minimum atomic E-state index is 0.748. The number of aryl methyl sites for hydroxylation is 1. The molecule has 0 aliphatic heterocycles. The molecular weight excluding hydrogens is 226 g/mol. The zero-order chi connectivity index (χ0) is 10.7. The van der Waals surface area contributed by atoms with Crippen LogP contribution >= 0.6 is 22.7 Å². The molecule has 0 saturated heterocycles. The van der Waals surface area contributed by atoms with Crippen molar-refractivity contribution in [1.82, 2.24) is 4.98 Å². The Morgan fingerprint density at radius 1 is 1.33 bits per heavy atom. The Bertz CT molecular complexity index is 433. The predicted octanol–water partition coefficient (Wildman–Crippen LogP) is 2.96. The van der Waals surface area contributed by atoms with E-state index in [0.717, 1.165) is 23.1 Å². The van der Waals surface area contributed by atoms with Gasteiger partial charge in [0.15, 0.2) is 5.13 Å². The Morgan fingerprint density at radius 2 is 2.13 bits per heavy atom.